The molecule has 0 saturated carbocycles. The van der Waals surface area contributed by atoms with Gasteiger partial charge in [0.25, 0.3) is 0 Å². The van der Waals surface area contributed by atoms with Crippen molar-refractivity contribution >= 4 is 5.97 Å². The molecule has 2 aliphatic rings. The molecule has 2 rings (SSSR count). The van der Waals surface area contributed by atoms with E-state index in [-0.39, 0.29) is 5.97 Å². The zero-order valence-electron chi connectivity index (χ0n) is 12.0. The predicted molar refractivity (Wildman–Crippen MR) is 76.2 cm³/mol. The molecule has 0 fully saturated rings. The highest BCUT2D eigenvalue weighted by Crippen LogP contribution is 2.33. The fraction of sp³-hybridized carbons (Fsp3) is 0.562. The van der Waals surface area contributed by atoms with Crippen LogP contribution in [0.4, 0.5) is 0 Å². The molecule has 3 nitrogen and oxygen atoms in total. The minimum absolute atomic E-state index is 0.107. The predicted octanol–water partition coefficient (Wildman–Crippen LogP) is 3.30. The van der Waals surface area contributed by atoms with Crippen molar-refractivity contribution in [3.05, 3.63) is 35.2 Å². The standard InChI is InChI=1S/C16H23NO2/c1-4-19-16(18)6-5-13-9-14-7-11(2)12(3)8-15(14)17-10-13/h7-8,10-12,17H,4-6,9H2,1-3H3/t11-,12-/m1/s1. The molecule has 0 radical (unpaired) electrons. The lowest BCUT2D eigenvalue weighted by Crippen LogP contribution is -2.22. The number of nitrogens with one attached hydrogen (secondary N) is 1. The smallest absolute Gasteiger partial charge is 0.306 e. The highest BCUT2D eigenvalue weighted by atomic mass is 16.5. The van der Waals surface area contributed by atoms with Gasteiger partial charge in [0.1, 0.15) is 0 Å². The van der Waals surface area contributed by atoms with E-state index in [1.54, 1.807) is 0 Å². The van der Waals surface area contributed by atoms with Crippen LogP contribution in [-0.2, 0) is 9.53 Å². The van der Waals surface area contributed by atoms with Gasteiger partial charge in [-0.3, -0.25) is 4.79 Å². The highest BCUT2D eigenvalue weighted by Gasteiger charge is 2.21. The lowest BCUT2D eigenvalue weighted by Gasteiger charge is -2.28. The van der Waals surface area contributed by atoms with Crippen LogP contribution in [0.5, 0.6) is 0 Å². The number of carbonyl (C=O) groups excluding carboxylic acids is 1. The van der Waals surface area contributed by atoms with E-state index >= 15 is 0 Å². The molecule has 1 aliphatic heterocycles. The van der Waals surface area contributed by atoms with Crippen LogP contribution >= 0.6 is 0 Å². The molecular formula is C16H23NO2. The van der Waals surface area contributed by atoms with Gasteiger partial charge >= 0.3 is 5.97 Å². The van der Waals surface area contributed by atoms with Crippen molar-refractivity contribution < 1.29 is 9.53 Å². The van der Waals surface area contributed by atoms with Crippen molar-refractivity contribution in [1.82, 2.24) is 5.32 Å². The number of fused-ring (bicyclic) bond motifs is 1. The molecule has 0 aromatic rings. The maximum absolute atomic E-state index is 11.4. The average Bonchev–Trinajstić information content (AvgIpc) is 2.38. The van der Waals surface area contributed by atoms with Gasteiger partial charge in [0.15, 0.2) is 0 Å². The Labute approximate surface area is 115 Å². The first kappa shape index (κ1) is 13.9. The summed E-state index contributed by atoms with van der Waals surface area (Å²) >= 11 is 0. The van der Waals surface area contributed by atoms with Crippen molar-refractivity contribution in [2.45, 2.75) is 40.0 Å². The molecule has 1 heterocycles. The van der Waals surface area contributed by atoms with Crippen LogP contribution in [0.15, 0.2) is 35.2 Å². The Kier molecular flexibility index (Phi) is 4.46. The normalized spacial score (nSPS) is 25.5. The fourth-order valence-corrected chi connectivity index (χ4v) is 2.51. The minimum Gasteiger partial charge on any atom is -0.466 e. The topological polar surface area (TPSA) is 38.3 Å². The Morgan fingerprint density at radius 1 is 1.37 bits per heavy atom. The average molecular weight is 261 g/mol. The van der Waals surface area contributed by atoms with E-state index in [9.17, 15) is 4.79 Å². The van der Waals surface area contributed by atoms with Gasteiger partial charge in [-0.25, -0.2) is 0 Å². The Balaban J connectivity index is 1.94. The number of esters is 1. The zero-order valence-corrected chi connectivity index (χ0v) is 12.0. The van der Waals surface area contributed by atoms with Crippen LogP contribution < -0.4 is 5.32 Å². The molecule has 0 saturated heterocycles. The van der Waals surface area contributed by atoms with E-state index in [0.29, 0.717) is 24.9 Å². The zero-order chi connectivity index (χ0) is 13.8. The summed E-state index contributed by atoms with van der Waals surface area (Å²) in [5.74, 6) is 1.06. The van der Waals surface area contributed by atoms with E-state index in [1.807, 2.05) is 13.1 Å². The molecule has 0 aromatic carbocycles. The van der Waals surface area contributed by atoms with Crippen LogP contribution in [0.2, 0.25) is 0 Å². The Hall–Kier alpha value is -1.51. The van der Waals surface area contributed by atoms with Gasteiger partial charge in [0.2, 0.25) is 0 Å². The molecular weight excluding hydrogens is 238 g/mol. The summed E-state index contributed by atoms with van der Waals surface area (Å²) in [4.78, 5) is 11.4. The lowest BCUT2D eigenvalue weighted by atomic mass is 9.83. The SMILES string of the molecule is CCOC(=O)CCC1=CNC2=C[C@@H](C)[C@H](C)C=C2C1. The third kappa shape index (κ3) is 3.49. The summed E-state index contributed by atoms with van der Waals surface area (Å²) in [5.41, 5.74) is 3.88. The van der Waals surface area contributed by atoms with Gasteiger partial charge in [-0.15, -0.1) is 0 Å². The number of allylic oxidation sites excluding steroid dienone is 4. The quantitative estimate of drug-likeness (QED) is 0.789. The monoisotopic (exact) mass is 261 g/mol. The van der Waals surface area contributed by atoms with Crippen molar-refractivity contribution in [1.29, 1.82) is 0 Å². The molecule has 0 amide bonds. The molecule has 19 heavy (non-hydrogen) atoms. The van der Waals surface area contributed by atoms with E-state index < -0.39 is 0 Å². The molecule has 0 spiro atoms. The molecule has 2 atom stereocenters. The van der Waals surface area contributed by atoms with Gasteiger partial charge in [-0.2, -0.15) is 0 Å². The minimum atomic E-state index is -0.107. The van der Waals surface area contributed by atoms with Gasteiger partial charge < -0.3 is 10.1 Å². The second kappa shape index (κ2) is 6.09. The largest absolute Gasteiger partial charge is 0.466 e. The van der Waals surface area contributed by atoms with Crippen molar-refractivity contribution in [2.75, 3.05) is 6.61 Å². The molecule has 0 unspecified atom stereocenters. The van der Waals surface area contributed by atoms with Gasteiger partial charge in [-0.05, 0) is 42.7 Å². The van der Waals surface area contributed by atoms with Gasteiger partial charge in [-0.1, -0.05) is 26.0 Å². The van der Waals surface area contributed by atoms with Gasteiger partial charge in [0.05, 0.1) is 6.61 Å². The summed E-state index contributed by atoms with van der Waals surface area (Å²) in [6, 6.07) is 0. The second-order valence-electron chi connectivity index (χ2n) is 5.42. The Bertz CT molecular complexity index is 446. The first-order chi connectivity index (χ1) is 9.10. The summed E-state index contributed by atoms with van der Waals surface area (Å²) in [5, 5.41) is 3.36. The first-order valence-electron chi connectivity index (χ1n) is 7.13. The number of rotatable bonds is 4. The van der Waals surface area contributed by atoms with Crippen molar-refractivity contribution in [3.63, 3.8) is 0 Å². The number of ether oxygens (including phenoxy) is 1. The summed E-state index contributed by atoms with van der Waals surface area (Å²) < 4.78 is 4.96. The lowest BCUT2D eigenvalue weighted by molar-refractivity contribution is -0.143. The van der Waals surface area contributed by atoms with E-state index in [1.165, 1.54) is 16.8 Å². The van der Waals surface area contributed by atoms with Crippen molar-refractivity contribution in [2.24, 2.45) is 11.8 Å². The molecule has 3 heteroatoms. The van der Waals surface area contributed by atoms with Crippen LogP contribution in [-0.4, -0.2) is 12.6 Å². The summed E-state index contributed by atoms with van der Waals surface area (Å²) in [6.07, 6.45) is 8.91. The third-order valence-electron chi connectivity index (χ3n) is 3.87. The third-order valence-corrected chi connectivity index (χ3v) is 3.87. The molecule has 1 N–H and O–H groups in total. The van der Waals surface area contributed by atoms with E-state index in [0.717, 1.165) is 12.8 Å². The highest BCUT2D eigenvalue weighted by molar-refractivity contribution is 5.69. The molecule has 0 bridgehead atoms. The summed E-state index contributed by atoms with van der Waals surface area (Å²) in [7, 11) is 0. The molecule has 0 aromatic heterocycles. The number of hydrogen-bond acceptors (Lipinski definition) is 3. The first-order valence-corrected chi connectivity index (χ1v) is 7.13. The Morgan fingerprint density at radius 3 is 2.84 bits per heavy atom. The van der Waals surface area contributed by atoms with Crippen LogP contribution in [0.25, 0.3) is 0 Å². The molecule has 104 valence electrons. The van der Waals surface area contributed by atoms with E-state index in [2.05, 4.69) is 31.3 Å². The maximum atomic E-state index is 11.4. The number of carbonyl (C=O) groups is 1. The van der Waals surface area contributed by atoms with Gasteiger partial charge in [0, 0.05) is 18.3 Å². The van der Waals surface area contributed by atoms with Crippen LogP contribution in [0, 0.1) is 11.8 Å². The fourth-order valence-electron chi connectivity index (χ4n) is 2.51. The second-order valence-corrected chi connectivity index (χ2v) is 5.42. The number of hydrogen-bond donors (Lipinski definition) is 1. The van der Waals surface area contributed by atoms with Crippen LogP contribution in [0.1, 0.15) is 40.0 Å². The van der Waals surface area contributed by atoms with Crippen LogP contribution in [0.3, 0.4) is 0 Å². The molecule has 1 aliphatic carbocycles. The summed E-state index contributed by atoms with van der Waals surface area (Å²) in [6.45, 7) is 6.80. The van der Waals surface area contributed by atoms with E-state index in [4.69, 9.17) is 4.74 Å². The maximum Gasteiger partial charge on any atom is 0.306 e. The van der Waals surface area contributed by atoms with Crippen molar-refractivity contribution in [3.8, 4) is 0 Å². The Morgan fingerprint density at radius 2 is 2.11 bits per heavy atom.